The van der Waals surface area contributed by atoms with Crippen molar-refractivity contribution in [2.45, 2.75) is 0 Å². The first-order chi connectivity index (χ1) is 15.3. The van der Waals surface area contributed by atoms with E-state index < -0.39 is 0 Å². The van der Waals surface area contributed by atoms with Crippen molar-refractivity contribution in [3.8, 4) is 22.5 Å². The highest BCUT2D eigenvalue weighted by Gasteiger charge is 2.13. The fourth-order valence-corrected chi connectivity index (χ4v) is 4.95. The summed E-state index contributed by atoms with van der Waals surface area (Å²) in [5.41, 5.74) is 4.48. The van der Waals surface area contributed by atoms with Crippen molar-refractivity contribution < 1.29 is 4.42 Å². The Hall–Kier alpha value is -4.10. The zero-order valence-corrected chi connectivity index (χ0v) is 16.8. The molecule has 0 atom stereocenters. The third-order valence-electron chi connectivity index (χ3n) is 6.41. The number of para-hydroxylation sites is 1. The molecule has 1 aromatic heterocycles. The molecule has 0 N–H and O–H groups in total. The molecule has 1 nitrogen and oxygen atoms in total. The van der Waals surface area contributed by atoms with Gasteiger partial charge in [0.05, 0.1) is 0 Å². The van der Waals surface area contributed by atoms with Gasteiger partial charge >= 0.3 is 0 Å². The molecule has 0 saturated heterocycles. The van der Waals surface area contributed by atoms with Gasteiger partial charge in [-0.3, -0.25) is 0 Å². The number of benzene rings is 6. The summed E-state index contributed by atoms with van der Waals surface area (Å²) >= 11 is 0. The Balaban J connectivity index is 1.47. The van der Waals surface area contributed by atoms with Gasteiger partial charge < -0.3 is 4.42 Å². The SMILES string of the molecule is c1cc(-c2cc3ccccc3o2)cc(-c2ccc3ccc4cccc5ccc2c3c45)c1. The van der Waals surface area contributed by atoms with Crippen LogP contribution in [0.25, 0.3) is 65.7 Å². The Morgan fingerprint density at radius 2 is 1.13 bits per heavy atom. The summed E-state index contributed by atoms with van der Waals surface area (Å²) in [5, 5.41) is 9.01. The molecule has 7 rings (SSSR count). The van der Waals surface area contributed by atoms with Crippen molar-refractivity contribution in [2.75, 3.05) is 0 Å². The van der Waals surface area contributed by atoms with E-state index in [1.807, 2.05) is 18.2 Å². The first-order valence-corrected chi connectivity index (χ1v) is 10.6. The molecule has 1 heterocycles. The van der Waals surface area contributed by atoms with Gasteiger partial charge in [0.15, 0.2) is 0 Å². The van der Waals surface area contributed by atoms with Gasteiger partial charge in [0, 0.05) is 10.9 Å². The van der Waals surface area contributed by atoms with Gasteiger partial charge in [-0.25, -0.2) is 0 Å². The molecule has 7 aromatic rings. The predicted octanol–water partition coefficient (Wildman–Crippen LogP) is 8.66. The fourth-order valence-electron chi connectivity index (χ4n) is 4.95. The highest BCUT2D eigenvalue weighted by Crippen LogP contribution is 2.40. The Bertz CT molecular complexity index is 1690. The molecule has 0 aliphatic rings. The molecule has 0 unspecified atom stereocenters. The highest BCUT2D eigenvalue weighted by atomic mass is 16.3. The molecule has 0 spiro atoms. The van der Waals surface area contributed by atoms with Crippen LogP contribution in [0, 0.1) is 0 Å². The molecular weight excluding hydrogens is 376 g/mol. The molecule has 0 radical (unpaired) electrons. The first-order valence-electron chi connectivity index (χ1n) is 10.6. The summed E-state index contributed by atoms with van der Waals surface area (Å²) in [6.07, 6.45) is 0. The van der Waals surface area contributed by atoms with Gasteiger partial charge in [0.1, 0.15) is 11.3 Å². The minimum atomic E-state index is 0.903. The van der Waals surface area contributed by atoms with Crippen molar-refractivity contribution >= 4 is 43.3 Å². The Morgan fingerprint density at radius 1 is 0.452 bits per heavy atom. The van der Waals surface area contributed by atoms with Gasteiger partial charge in [-0.05, 0) is 61.6 Å². The van der Waals surface area contributed by atoms with Crippen molar-refractivity contribution in [1.82, 2.24) is 0 Å². The van der Waals surface area contributed by atoms with Gasteiger partial charge in [-0.15, -0.1) is 0 Å². The van der Waals surface area contributed by atoms with Crippen LogP contribution in [-0.2, 0) is 0 Å². The smallest absolute Gasteiger partial charge is 0.135 e. The quantitative estimate of drug-likeness (QED) is 0.267. The van der Waals surface area contributed by atoms with E-state index in [1.54, 1.807) is 0 Å². The number of hydrogen-bond acceptors (Lipinski definition) is 1. The van der Waals surface area contributed by atoms with Crippen LogP contribution >= 0.6 is 0 Å². The van der Waals surface area contributed by atoms with Gasteiger partial charge in [-0.1, -0.05) is 91.0 Å². The van der Waals surface area contributed by atoms with Crippen LogP contribution in [0.5, 0.6) is 0 Å². The van der Waals surface area contributed by atoms with Crippen LogP contribution < -0.4 is 0 Å². The van der Waals surface area contributed by atoms with E-state index in [2.05, 4.69) is 91.0 Å². The number of hydrogen-bond donors (Lipinski definition) is 0. The summed E-state index contributed by atoms with van der Waals surface area (Å²) < 4.78 is 6.12. The molecule has 0 fully saturated rings. The summed E-state index contributed by atoms with van der Waals surface area (Å²) in [4.78, 5) is 0. The summed E-state index contributed by atoms with van der Waals surface area (Å²) in [7, 11) is 0. The highest BCUT2D eigenvalue weighted by molar-refractivity contribution is 6.25. The second-order valence-corrected chi connectivity index (χ2v) is 8.20. The number of rotatable bonds is 2. The molecule has 144 valence electrons. The van der Waals surface area contributed by atoms with E-state index in [0.717, 1.165) is 22.3 Å². The molecule has 0 amide bonds. The third kappa shape index (κ3) is 2.44. The van der Waals surface area contributed by atoms with Crippen LogP contribution in [0.2, 0.25) is 0 Å². The first kappa shape index (κ1) is 16.7. The van der Waals surface area contributed by atoms with E-state index in [0.29, 0.717) is 0 Å². The van der Waals surface area contributed by atoms with Crippen LogP contribution in [0.4, 0.5) is 0 Å². The topological polar surface area (TPSA) is 13.1 Å². The maximum absolute atomic E-state index is 6.12. The molecule has 6 aromatic carbocycles. The zero-order chi connectivity index (χ0) is 20.4. The molecule has 0 saturated carbocycles. The van der Waals surface area contributed by atoms with E-state index >= 15 is 0 Å². The summed E-state index contributed by atoms with van der Waals surface area (Å²) in [5.74, 6) is 0.903. The van der Waals surface area contributed by atoms with E-state index in [4.69, 9.17) is 4.42 Å². The zero-order valence-electron chi connectivity index (χ0n) is 16.8. The van der Waals surface area contributed by atoms with E-state index in [1.165, 1.54) is 43.4 Å². The molecule has 1 heteroatoms. The second kappa shape index (κ2) is 6.20. The van der Waals surface area contributed by atoms with Crippen molar-refractivity contribution in [1.29, 1.82) is 0 Å². The standard InChI is InChI=1S/C30H18O/c1-2-10-27-24(5-1)18-28(31-27)23-9-4-8-22(17-23)25-15-13-21-12-11-19-6-3-7-20-14-16-26(25)30(21)29(19)20/h1-18H. The monoisotopic (exact) mass is 394 g/mol. The summed E-state index contributed by atoms with van der Waals surface area (Å²) in [6.45, 7) is 0. The Kier molecular flexibility index (Phi) is 3.33. The minimum absolute atomic E-state index is 0.903. The summed E-state index contributed by atoms with van der Waals surface area (Å²) in [6, 6.07) is 39.0. The number of furan rings is 1. The van der Waals surface area contributed by atoms with Gasteiger partial charge in [0.25, 0.3) is 0 Å². The van der Waals surface area contributed by atoms with E-state index in [-0.39, 0.29) is 0 Å². The van der Waals surface area contributed by atoms with Crippen LogP contribution in [0.1, 0.15) is 0 Å². The molecule has 0 aliphatic carbocycles. The maximum Gasteiger partial charge on any atom is 0.135 e. The molecular formula is C30H18O. The Morgan fingerprint density at radius 3 is 2.00 bits per heavy atom. The normalized spacial score (nSPS) is 11.9. The fraction of sp³-hybridized carbons (Fsp3) is 0. The lowest BCUT2D eigenvalue weighted by Crippen LogP contribution is -1.87. The molecule has 0 bridgehead atoms. The Labute approximate surface area is 179 Å². The van der Waals surface area contributed by atoms with Gasteiger partial charge in [0.2, 0.25) is 0 Å². The lowest BCUT2D eigenvalue weighted by molar-refractivity contribution is 0.631. The predicted molar refractivity (Wildman–Crippen MR) is 131 cm³/mol. The van der Waals surface area contributed by atoms with Crippen molar-refractivity contribution in [3.63, 3.8) is 0 Å². The number of fused-ring (bicyclic) bond motifs is 1. The molecule has 0 aliphatic heterocycles. The van der Waals surface area contributed by atoms with Gasteiger partial charge in [-0.2, -0.15) is 0 Å². The molecule has 31 heavy (non-hydrogen) atoms. The second-order valence-electron chi connectivity index (χ2n) is 8.20. The lowest BCUT2D eigenvalue weighted by atomic mass is 9.89. The third-order valence-corrected chi connectivity index (χ3v) is 6.41. The average molecular weight is 394 g/mol. The van der Waals surface area contributed by atoms with Crippen LogP contribution in [0.3, 0.4) is 0 Å². The lowest BCUT2D eigenvalue weighted by Gasteiger charge is -2.14. The minimum Gasteiger partial charge on any atom is -0.456 e. The van der Waals surface area contributed by atoms with Crippen LogP contribution in [-0.4, -0.2) is 0 Å². The average Bonchev–Trinajstić information content (AvgIpc) is 3.27. The van der Waals surface area contributed by atoms with E-state index in [9.17, 15) is 0 Å². The maximum atomic E-state index is 6.12. The van der Waals surface area contributed by atoms with Crippen LogP contribution in [0.15, 0.2) is 114 Å². The van der Waals surface area contributed by atoms with Crippen molar-refractivity contribution in [2.24, 2.45) is 0 Å². The largest absolute Gasteiger partial charge is 0.456 e. The van der Waals surface area contributed by atoms with Crippen molar-refractivity contribution in [3.05, 3.63) is 109 Å².